The topological polar surface area (TPSA) is 103 Å². The highest BCUT2D eigenvalue weighted by Crippen LogP contribution is 2.29. The van der Waals surface area contributed by atoms with E-state index in [-0.39, 0.29) is 17.9 Å². The predicted molar refractivity (Wildman–Crippen MR) is 169 cm³/mol. The molecule has 0 aliphatic heterocycles. The van der Waals surface area contributed by atoms with E-state index >= 15 is 0 Å². The lowest BCUT2D eigenvalue weighted by Gasteiger charge is -2.22. The van der Waals surface area contributed by atoms with Crippen molar-refractivity contribution in [2.24, 2.45) is 0 Å². The molecule has 224 valence electrons. The summed E-state index contributed by atoms with van der Waals surface area (Å²) in [5, 5.41) is 20.8. The zero-order chi connectivity index (χ0) is 30.7. The summed E-state index contributed by atoms with van der Waals surface area (Å²) >= 11 is 0. The first kappa shape index (κ1) is 32.4. The number of carboxylic acid groups (broad SMARTS) is 1. The van der Waals surface area contributed by atoms with E-state index in [9.17, 15) is 14.7 Å². The molecule has 0 aromatic heterocycles. The van der Waals surface area contributed by atoms with Crippen LogP contribution in [0.25, 0.3) is 11.1 Å². The number of benzene rings is 3. The third-order valence-electron chi connectivity index (χ3n) is 7.16. The van der Waals surface area contributed by atoms with Gasteiger partial charge in [0, 0.05) is 25.1 Å². The van der Waals surface area contributed by atoms with E-state index in [1.54, 1.807) is 0 Å². The minimum atomic E-state index is -0.887. The summed E-state index contributed by atoms with van der Waals surface area (Å²) < 4.78 is 5.86. The number of carbonyl (C=O) groups is 2. The Morgan fingerprint density at radius 1 is 0.952 bits per heavy atom. The number of hydrogen-bond donors (Lipinski definition) is 3. The third kappa shape index (κ3) is 9.47. The molecule has 0 unspecified atom stereocenters. The quantitative estimate of drug-likeness (QED) is 0.145. The molecule has 0 bridgehead atoms. The van der Waals surface area contributed by atoms with Gasteiger partial charge in [-0.2, -0.15) is 0 Å². The Labute approximate surface area is 250 Å². The molecule has 3 N–H and O–H groups in total. The van der Waals surface area contributed by atoms with Gasteiger partial charge in [0.2, 0.25) is 0 Å². The van der Waals surface area contributed by atoms with Crippen molar-refractivity contribution in [3.8, 4) is 16.9 Å². The van der Waals surface area contributed by atoms with Crippen LogP contribution in [0.15, 0.2) is 66.7 Å². The second-order valence-electron chi connectivity index (χ2n) is 11.6. The number of rotatable bonds is 13. The molecule has 0 spiro atoms. The van der Waals surface area contributed by atoms with E-state index < -0.39 is 5.97 Å². The Kier molecular flexibility index (Phi) is 11.7. The van der Waals surface area contributed by atoms with Crippen molar-refractivity contribution in [3.63, 3.8) is 0 Å². The number of ether oxygens (including phenoxy) is 1. The van der Waals surface area contributed by atoms with Gasteiger partial charge < -0.3 is 15.2 Å². The largest absolute Gasteiger partial charge is 0.493 e. The number of carbonyl (C=O) groups excluding carboxylic acids is 1. The molecule has 3 aromatic rings. The molecule has 3 rings (SSSR count). The van der Waals surface area contributed by atoms with Gasteiger partial charge in [0.15, 0.2) is 0 Å². The minimum Gasteiger partial charge on any atom is -0.493 e. The number of urea groups is 1. The van der Waals surface area contributed by atoms with Crippen molar-refractivity contribution in [1.82, 2.24) is 10.2 Å². The summed E-state index contributed by atoms with van der Waals surface area (Å²) in [5.41, 5.74) is 6.15. The van der Waals surface area contributed by atoms with E-state index in [4.69, 9.17) is 10.1 Å². The van der Waals surface area contributed by atoms with Crippen molar-refractivity contribution in [2.45, 2.75) is 78.7 Å². The van der Waals surface area contributed by atoms with Crippen LogP contribution in [0.5, 0.6) is 5.75 Å². The second kappa shape index (κ2) is 15.2. The number of hydrogen-bond acceptors (Lipinski definition) is 4. The van der Waals surface area contributed by atoms with E-state index in [0.29, 0.717) is 43.3 Å². The number of nitrogens with one attached hydrogen (secondary N) is 2. The van der Waals surface area contributed by atoms with Gasteiger partial charge in [0.05, 0.1) is 13.0 Å². The summed E-state index contributed by atoms with van der Waals surface area (Å²) in [5.74, 6) is 0.0260. The van der Waals surface area contributed by atoms with Crippen LogP contribution in [0, 0.1) is 5.41 Å². The molecule has 0 heterocycles. The molecule has 0 fully saturated rings. The summed E-state index contributed by atoms with van der Waals surface area (Å²) in [6.07, 6.45) is 2.76. The number of nitrogens with zero attached hydrogens (tertiary/aromatic N) is 1. The van der Waals surface area contributed by atoms with Gasteiger partial charge in [-0.3, -0.25) is 15.1 Å². The van der Waals surface area contributed by atoms with Crippen LogP contribution in [-0.4, -0.2) is 41.0 Å². The van der Waals surface area contributed by atoms with Gasteiger partial charge in [-0.15, -0.1) is 0 Å². The van der Waals surface area contributed by atoms with Crippen LogP contribution >= 0.6 is 0 Å². The first-order valence-electron chi connectivity index (χ1n) is 14.8. The SMILES string of the molecule is CCCOc1cc(-c2cccc(CCCC(=N)N(CC)C(=O)NCc3ccc(C(C)(C)C)cc3)c2)ccc1CC(=O)O. The molecule has 0 aliphatic carbocycles. The molecular weight excluding hydrogens is 526 g/mol. The highest BCUT2D eigenvalue weighted by Gasteiger charge is 2.17. The Bertz CT molecular complexity index is 1360. The van der Waals surface area contributed by atoms with Crippen LogP contribution in [0.3, 0.4) is 0 Å². The average Bonchev–Trinajstić information content (AvgIpc) is 2.95. The average molecular weight is 572 g/mol. The Balaban J connectivity index is 1.57. The zero-order valence-corrected chi connectivity index (χ0v) is 25.6. The van der Waals surface area contributed by atoms with Gasteiger partial charge in [-0.25, -0.2) is 4.79 Å². The van der Waals surface area contributed by atoms with Gasteiger partial charge in [-0.05, 0) is 65.5 Å². The lowest BCUT2D eigenvalue weighted by molar-refractivity contribution is -0.136. The Morgan fingerprint density at radius 3 is 2.31 bits per heavy atom. The number of carboxylic acids is 1. The molecule has 0 saturated carbocycles. The summed E-state index contributed by atoms with van der Waals surface area (Å²) in [6, 6.07) is 21.9. The fourth-order valence-corrected chi connectivity index (χ4v) is 4.74. The number of aliphatic carboxylic acids is 1. The summed E-state index contributed by atoms with van der Waals surface area (Å²) in [6.45, 7) is 11.8. The van der Waals surface area contributed by atoms with Crippen LogP contribution in [-0.2, 0) is 29.6 Å². The van der Waals surface area contributed by atoms with Crippen molar-refractivity contribution in [1.29, 1.82) is 5.41 Å². The van der Waals surface area contributed by atoms with Crippen LogP contribution < -0.4 is 10.1 Å². The van der Waals surface area contributed by atoms with Gasteiger partial charge >= 0.3 is 12.0 Å². The highest BCUT2D eigenvalue weighted by molar-refractivity contribution is 5.95. The maximum Gasteiger partial charge on any atom is 0.323 e. The molecule has 0 radical (unpaired) electrons. The van der Waals surface area contributed by atoms with Gasteiger partial charge in [-0.1, -0.05) is 88.4 Å². The molecule has 3 aromatic carbocycles. The van der Waals surface area contributed by atoms with Crippen LogP contribution in [0.2, 0.25) is 0 Å². The molecule has 7 nitrogen and oxygen atoms in total. The number of aryl methyl sites for hydroxylation is 1. The van der Waals surface area contributed by atoms with E-state index in [2.05, 4.69) is 50.4 Å². The van der Waals surface area contributed by atoms with E-state index in [0.717, 1.165) is 41.5 Å². The van der Waals surface area contributed by atoms with E-state index in [1.165, 1.54) is 10.5 Å². The molecule has 0 atom stereocenters. The van der Waals surface area contributed by atoms with Crippen molar-refractivity contribution in [2.75, 3.05) is 13.2 Å². The van der Waals surface area contributed by atoms with Crippen molar-refractivity contribution >= 4 is 17.8 Å². The minimum absolute atomic E-state index is 0.0807. The first-order chi connectivity index (χ1) is 20.0. The number of amidine groups is 1. The second-order valence-corrected chi connectivity index (χ2v) is 11.6. The smallest absolute Gasteiger partial charge is 0.323 e. The van der Waals surface area contributed by atoms with E-state index in [1.807, 2.05) is 56.3 Å². The molecular formula is C35H45N3O4. The monoisotopic (exact) mass is 571 g/mol. The molecule has 0 saturated heterocycles. The van der Waals surface area contributed by atoms with Gasteiger partial charge in [0.25, 0.3) is 0 Å². The maximum atomic E-state index is 12.9. The molecule has 42 heavy (non-hydrogen) atoms. The molecule has 2 amide bonds. The standard InChI is InChI=1S/C35H45N3O4/c1-6-20-42-31-22-28(16-17-29(31)23-33(39)40)27-12-8-10-25(21-27)11-9-13-32(36)38(7-2)34(41)37-24-26-14-18-30(19-15-26)35(3,4)5/h8,10,12,14-19,21-22,36H,6-7,9,11,13,20,23-24H2,1-5H3,(H,37,41)(H,39,40). The van der Waals surface area contributed by atoms with Crippen molar-refractivity contribution < 1.29 is 19.4 Å². The first-order valence-corrected chi connectivity index (χ1v) is 14.8. The maximum absolute atomic E-state index is 12.9. The molecule has 7 heteroatoms. The Hall–Kier alpha value is -4.13. The highest BCUT2D eigenvalue weighted by atomic mass is 16.5. The zero-order valence-electron chi connectivity index (χ0n) is 25.6. The normalized spacial score (nSPS) is 11.2. The lowest BCUT2D eigenvalue weighted by atomic mass is 9.87. The lowest BCUT2D eigenvalue weighted by Crippen LogP contribution is -2.43. The summed E-state index contributed by atoms with van der Waals surface area (Å²) in [4.78, 5) is 25.6. The van der Waals surface area contributed by atoms with Crippen LogP contribution in [0.4, 0.5) is 4.79 Å². The summed E-state index contributed by atoms with van der Waals surface area (Å²) in [7, 11) is 0. The number of amides is 2. The fourth-order valence-electron chi connectivity index (χ4n) is 4.74. The molecule has 0 aliphatic rings. The van der Waals surface area contributed by atoms with Crippen LogP contribution in [0.1, 0.15) is 76.1 Å². The van der Waals surface area contributed by atoms with Gasteiger partial charge in [0.1, 0.15) is 11.6 Å². The third-order valence-corrected chi connectivity index (χ3v) is 7.16. The fraction of sp³-hybridized carbons (Fsp3) is 0.400. The Morgan fingerprint density at radius 2 is 1.67 bits per heavy atom. The van der Waals surface area contributed by atoms with Crippen molar-refractivity contribution in [3.05, 3.63) is 89.0 Å². The predicted octanol–water partition coefficient (Wildman–Crippen LogP) is 7.60.